The molecule has 0 radical (unpaired) electrons. The van der Waals surface area contributed by atoms with Gasteiger partial charge in [-0.1, -0.05) is 0 Å². The van der Waals surface area contributed by atoms with Crippen molar-refractivity contribution in [3.8, 4) is 6.07 Å². The van der Waals surface area contributed by atoms with Crippen LogP contribution in [-0.2, 0) is 0 Å². The van der Waals surface area contributed by atoms with Gasteiger partial charge in [0, 0.05) is 24.3 Å². The van der Waals surface area contributed by atoms with E-state index in [1.807, 2.05) is 13.1 Å². The molecule has 1 aliphatic rings. The molecule has 5 nitrogen and oxygen atoms in total. The number of rotatable bonds is 2. The number of likely N-dealkylation sites (N-methyl/N-ethyl adjacent to an activating group) is 1. The number of hydrogen-bond acceptors (Lipinski definition) is 4. The highest BCUT2D eigenvalue weighted by atomic mass is 16.1. The molecule has 0 saturated carbocycles. The molecule has 2 heterocycles. The smallest absolute Gasteiger partial charge is 0.251 e. The number of nitriles is 1. The van der Waals surface area contributed by atoms with Crippen molar-refractivity contribution in [2.24, 2.45) is 0 Å². The molecule has 0 bridgehead atoms. The number of carbonyl (C=O) groups excluding carboxylic acids is 1. The van der Waals surface area contributed by atoms with Gasteiger partial charge >= 0.3 is 0 Å². The Morgan fingerprint density at radius 2 is 2.53 bits per heavy atom. The van der Waals surface area contributed by atoms with Crippen molar-refractivity contribution in [1.29, 1.82) is 5.26 Å². The summed E-state index contributed by atoms with van der Waals surface area (Å²) in [6.45, 7) is 1.88. The molecule has 1 aliphatic heterocycles. The van der Waals surface area contributed by atoms with Crippen molar-refractivity contribution in [2.45, 2.75) is 12.5 Å². The van der Waals surface area contributed by atoms with E-state index in [0.717, 1.165) is 19.5 Å². The minimum absolute atomic E-state index is 0.135. The van der Waals surface area contributed by atoms with Crippen LogP contribution < -0.4 is 5.32 Å². The van der Waals surface area contributed by atoms with Crippen molar-refractivity contribution >= 4 is 5.91 Å². The van der Waals surface area contributed by atoms with Gasteiger partial charge in [0.1, 0.15) is 11.8 Å². The Morgan fingerprint density at radius 3 is 3.18 bits per heavy atom. The molecule has 17 heavy (non-hydrogen) atoms. The number of nitrogens with zero attached hydrogens (tertiary/aromatic N) is 3. The molecule has 1 aromatic rings. The molecule has 1 amide bonds. The highest BCUT2D eigenvalue weighted by Gasteiger charge is 2.21. The maximum atomic E-state index is 11.9. The quantitative estimate of drug-likeness (QED) is 0.797. The SMILES string of the molecule is CN1CCC(NC(=O)c2ccnc(C#N)c2)C1. The van der Waals surface area contributed by atoms with Gasteiger partial charge in [-0.25, -0.2) is 4.98 Å². The van der Waals surface area contributed by atoms with E-state index in [0.29, 0.717) is 5.56 Å². The lowest BCUT2D eigenvalue weighted by Gasteiger charge is -2.12. The number of hydrogen-bond donors (Lipinski definition) is 1. The fraction of sp³-hybridized carbons (Fsp3) is 0.417. The maximum Gasteiger partial charge on any atom is 0.251 e. The van der Waals surface area contributed by atoms with Gasteiger partial charge in [-0.2, -0.15) is 5.26 Å². The summed E-state index contributed by atoms with van der Waals surface area (Å²) in [5.74, 6) is -0.135. The van der Waals surface area contributed by atoms with Crippen molar-refractivity contribution < 1.29 is 4.79 Å². The topological polar surface area (TPSA) is 69.0 Å². The zero-order chi connectivity index (χ0) is 12.3. The highest BCUT2D eigenvalue weighted by molar-refractivity contribution is 5.94. The minimum Gasteiger partial charge on any atom is -0.348 e. The lowest BCUT2D eigenvalue weighted by molar-refractivity contribution is 0.0938. The van der Waals surface area contributed by atoms with Gasteiger partial charge in [0.05, 0.1) is 0 Å². The summed E-state index contributed by atoms with van der Waals surface area (Å²) in [6, 6.07) is 5.25. The first-order valence-electron chi connectivity index (χ1n) is 5.54. The molecule has 0 spiro atoms. The molecule has 0 aliphatic carbocycles. The Balaban J connectivity index is 2.02. The summed E-state index contributed by atoms with van der Waals surface area (Å²) in [4.78, 5) is 17.9. The number of carbonyl (C=O) groups is 1. The van der Waals surface area contributed by atoms with E-state index in [4.69, 9.17) is 5.26 Å². The van der Waals surface area contributed by atoms with Gasteiger partial charge < -0.3 is 10.2 Å². The van der Waals surface area contributed by atoms with Gasteiger partial charge in [0.15, 0.2) is 0 Å². The third kappa shape index (κ3) is 2.80. The lowest BCUT2D eigenvalue weighted by Crippen LogP contribution is -2.36. The summed E-state index contributed by atoms with van der Waals surface area (Å²) in [7, 11) is 2.03. The second-order valence-electron chi connectivity index (χ2n) is 4.26. The van der Waals surface area contributed by atoms with Crippen LogP contribution in [0.4, 0.5) is 0 Å². The Morgan fingerprint density at radius 1 is 1.71 bits per heavy atom. The Bertz CT molecular complexity index is 466. The molecule has 1 saturated heterocycles. The lowest BCUT2D eigenvalue weighted by atomic mass is 10.2. The zero-order valence-electron chi connectivity index (χ0n) is 9.68. The summed E-state index contributed by atoms with van der Waals surface area (Å²) < 4.78 is 0. The van der Waals surface area contributed by atoms with Gasteiger partial charge in [-0.05, 0) is 32.1 Å². The zero-order valence-corrected chi connectivity index (χ0v) is 9.68. The molecule has 5 heteroatoms. The molecule has 0 aromatic carbocycles. The van der Waals surface area contributed by atoms with Crippen LogP contribution >= 0.6 is 0 Å². The summed E-state index contributed by atoms with van der Waals surface area (Å²) in [5, 5.41) is 11.7. The van der Waals surface area contributed by atoms with Crippen molar-refractivity contribution in [3.05, 3.63) is 29.6 Å². The van der Waals surface area contributed by atoms with E-state index in [1.54, 1.807) is 6.07 Å². The molecular weight excluding hydrogens is 216 g/mol. The first kappa shape index (κ1) is 11.6. The third-order valence-electron chi connectivity index (χ3n) is 2.86. The molecule has 1 unspecified atom stereocenters. The second-order valence-corrected chi connectivity index (χ2v) is 4.26. The normalized spacial score (nSPS) is 19.9. The van der Waals surface area contributed by atoms with Crippen LogP contribution in [0.25, 0.3) is 0 Å². The molecule has 1 N–H and O–H groups in total. The van der Waals surface area contributed by atoms with E-state index in [1.165, 1.54) is 12.3 Å². The molecule has 1 fully saturated rings. The van der Waals surface area contributed by atoms with Crippen LogP contribution in [0.1, 0.15) is 22.5 Å². The van der Waals surface area contributed by atoms with Crippen LogP contribution in [-0.4, -0.2) is 42.0 Å². The van der Waals surface area contributed by atoms with Crippen molar-refractivity contribution in [1.82, 2.24) is 15.2 Å². The van der Waals surface area contributed by atoms with Crippen LogP contribution in [0.15, 0.2) is 18.3 Å². The average molecular weight is 230 g/mol. The van der Waals surface area contributed by atoms with E-state index in [9.17, 15) is 4.79 Å². The van der Waals surface area contributed by atoms with Crippen LogP contribution in [0.2, 0.25) is 0 Å². The van der Waals surface area contributed by atoms with E-state index < -0.39 is 0 Å². The number of nitrogens with one attached hydrogen (secondary N) is 1. The van der Waals surface area contributed by atoms with Crippen molar-refractivity contribution in [2.75, 3.05) is 20.1 Å². The first-order chi connectivity index (χ1) is 8.19. The maximum absolute atomic E-state index is 11.9. The van der Waals surface area contributed by atoms with Crippen LogP contribution in [0.3, 0.4) is 0 Å². The molecular formula is C12H14N4O. The van der Waals surface area contributed by atoms with Gasteiger partial charge in [-0.3, -0.25) is 4.79 Å². The number of pyridine rings is 1. The molecule has 2 rings (SSSR count). The Labute approximate surface area is 100 Å². The van der Waals surface area contributed by atoms with E-state index in [-0.39, 0.29) is 17.6 Å². The summed E-state index contributed by atoms with van der Waals surface area (Å²) in [6.07, 6.45) is 2.45. The fourth-order valence-electron chi connectivity index (χ4n) is 1.95. The highest BCUT2D eigenvalue weighted by Crippen LogP contribution is 2.08. The van der Waals surface area contributed by atoms with Gasteiger partial charge in [0.2, 0.25) is 0 Å². The van der Waals surface area contributed by atoms with Gasteiger partial charge in [0.25, 0.3) is 5.91 Å². The standard InChI is InChI=1S/C12H14N4O/c1-16-5-3-10(8-16)15-12(17)9-2-4-14-11(6-9)7-13/h2,4,6,10H,3,5,8H2,1H3,(H,15,17). The minimum atomic E-state index is -0.135. The average Bonchev–Trinajstić information content (AvgIpc) is 2.75. The second kappa shape index (κ2) is 4.93. The summed E-state index contributed by atoms with van der Waals surface area (Å²) in [5.41, 5.74) is 0.757. The Kier molecular flexibility index (Phi) is 3.35. The predicted molar refractivity (Wildman–Crippen MR) is 62.3 cm³/mol. The van der Waals surface area contributed by atoms with Gasteiger partial charge in [-0.15, -0.1) is 0 Å². The monoisotopic (exact) mass is 230 g/mol. The molecule has 1 atom stereocenters. The van der Waals surface area contributed by atoms with Crippen molar-refractivity contribution in [3.63, 3.8) is 0 Å². The largest absolute Gasteiger partial charge is 0.348 e. The van der Waals surface area contributed by atoms with E-state index in [2.05, 4.69) is 15.2 Å². The van der Waals surface area contributed by atoms with Crippen LogP contribution in [0.5, 0.6) is 0 Å². The Hall–Kier alpha value is -1.93. The fourth-order valence-corrected chi connectivity index (χ4v) is 1.95. The van der Waals surface area contributed by atoms with Crippen LogP contribution in [0, 0.1) is 11.3 Å². The third-order valence-corrected chi connectivity index (χ3v) is 2.86. The van der Waals surface area contributed by atoms with E-state index >= 15 is 0 Å². The number of likely N-dealkylation sites (tertiary alicyclic amines) is 1. The predicted octanol–water partition coefficient (Wildman–Crippen LogP) is 0.387. The molecule has 1 aromatic heterocycles. The summed E-state index contributed by atoms with van der Waals surface area (Å²) >= 11 is 0. The first-order valence-corrected chi connectivity index (χ1v) is 5.54. The number of amides is 1. The molecule has 88 valence electrons. The number of aromatic nitrogens is 1.